The minimum Gasteiger partial charge on any atom is -0.349 e. The fraction of sp³-hybridized carbons (Fsp3) is 0.450. The number of carbonyl (C=O) groups excluding carboxylic acids is 2. The minimum atomic E-state index is -0.256. The van der Waals surface area contributed by atoms with Crippen LogP contribution in [-0.4, -0.2) is 27.9 Å². The van der Waals surface area contributed by atoms with Crippen LogP contribution >= 0.6 is 0 Å². The van der Waals surface area contributed by atoms with E-state index in [9.17, 15) is 9.59 Å². The average molecular weight is 354 g/mol. The van der Waals surface area contributed by atoms with Crippen molar-refractivity contribution in [1.82, 2.24) is 14.9 Å². The molecule has 1 aliphatic heterocycles. The number of imidazole rings is 1. The summed E-state index contributed by atoms with van der Waals surface area (Å²) in [6.45, 7) is 7.39. The van der Waals surface area contributed by atoms with Crippen molar-refractivity contribution in [3.63, 3.8) is 0 Å². The molecular formula is C20H26N4O2. The number of nitrogens with zero attached hydrogens (tertiary/aromatic N) is 2. The molecular weight excluding hydrogens is 328 g/mol. The number of aromatic nitrogens is 2. The van der Waals surface area contributed by atoms with E-state index >= 15 is 0 Å². The van der Waals surface area contributed by atoms with E-state index in [-0.39, 0.29) is 11.8 Å². The van der Waals surface area contributed by atoms with Crippen molar-refractivity contribution >= 4 is 17.5 Å². The van der Waals surface area contributed by atoms with Gasteiger partial charge in [0.2, 0.25) is 0 Å². The monoisotopic (exact) mass is 354 g/mol. The number of nitrogens with one attached hydrogen (secondary N) is 2. The van der Waals surface area contributed by atoms with Gasteiger partial charge in [0.05, 0.1) is 5.69 Å². The van der Waals surface area contributed by atoms with Gasteiger partial charge in [0, 0.05) is 18.8 Å². The van der Waals surface area contributed by atoms with E-state index in [1.165, 1.54) is 5.56 Å². The zero-order chi connectivity index (χ0) is 18.7. The minimum absolute atomic E-state index is 0.208. The van der Waals surface area contributed by atoms with Crippen molar-refractivity contribution in [3.05, 3.63) is 46.5 Å². The number of aryl methyl sites for hydroxylation is 2. The molecule has 2 amide bonds. The molecule has 2 heterocycles. The van der Waals surface area contributed by atoms with Crippen LogP contribution < -0.4 is 10.6 Å². The second kappa shape index (κ2) is 7.72. The Bertz CT molecular complexity index is 839. The predicted octanol–water partition coefficient (Wildman–Crippen LogP) is 3.23. The summed E-state index contributed by atoms with van der Waals surface area (Å²) in [7, 11) is 0. The lowest BCUT2D eigenvalue weighted by Gasteiger charge is -2.17. The van der Waals surface area contributed by atoms with E-state index < -0.39 is 0 Å². The topological polar surface area (TPSA) is 76.0 Å². The van der Waals surface area contributed by atoms with Crippen LogP contribution in [0.15, 0.2) is 18.2 Å². The van der Waals surface area contributed by atoms with Crippen molar-refractivity contribution in [3.8, 4) is 0 Å². The maximum absolute atomic E-state index is 12.8. The fourth-order valence-corrected chi connectivity index (χ4v) is 3.23. The smallest absolute Gasteiger partial charge is 0.287 e. The lowest BCUT2D eigenvalue weighted by Crippen LogP contribution is -2.28. The van der Waals surface area contributed by atoms with E-state index in [4.69, 9.17) is 0 Å². The van der Waals surface area contributed by atoms with Gasteiger partial charge in [0.25, 0.3) is 11.8 Å². The number of carbonyl (C=O) groups is 2. The molecule has 0 unspecified atom stereocenters. The van der Waals surface area contributed by atoms with Gasteiger partial charge >= 0.3 is 0 Å². The Kier molecular flexibility index (Phi) is 5.40. The quantitative estimate of drug-likeness (QED) is 0.865. The lowest BCUT2D eigenvalue weighted by atomic mass is 10.1. The summed E-state index contributed by atoms with van der Waals surface area (Å²) in [6.07, 6.45) is 3.63. The summed E-state index contributed by atoms with van der Waals surface area (Å²) in [5.41, 5.74) is 4.27. The molecule has 1 aromatic heterocycles. The van der Waals surface area contributed by atoms with Crippen LogP contribution in [0.3, 0.4) is 0 Å². The van der Waals surface area contributed by atoms with Gasteiger partial charge in [-0.25, -0.2) is 4.98 Å². The van der Waals surface area contributed by atoms with Gasteiger partial charge in [-0.2, -0.15) is 0 Å². The second-order valence-electron chi connectivity index (χ2n) is 6.85. The number of amides is 2. The third-order valence-corrected chi connectivity index (χ3v) is 4.84. The van der Waals surface area contributed by atoms with Crippen molar-refractivity contribution in [2.75, 3.05) is 11.9 Å². The summed E-state index contributed by atoms with van der Waals surface area (Å²) in [5, 5.41) is 5.79. The van der Waals surface area contributed by atoms with Crippen molar-refractivity contribution in [2.24, 2.45) is 0 Å². The molecule has 2 N–H and O–H groups in total. The standard InChI is InChI=1S/C20H26N4O2/c1-4-10-21-20(26)18-23-17(16-7-5-6-11-24(16)18)19(25)22-15-9-8-13(2)14(3)12-15/h8-9,12H,4-7,10-11H2,1-3H3,(H,21,26)(H,22,25). The van der Waals surface area contributed by atoms with Crippen LogP contribution in [0.4, 0.5) is 5.69 Å². The Morgan fingerprint density at radius 1 is 1.15 bits per heavy atom. The first-order chi connectivity index (χ1) is 12.5. The molecule has 0 saturated heterocycles. The predicted molar refractivity (Wildman–Crippen MR) is 102 cm³/mol. The average Bonchev–Trinajstić information content (AvgIpc) is 3.03. The fourth-order valence-electron chi connectivity index (χ4n) is 3.23. The van der Waals surface area contributed by atoms with Gasteiger partial charge in [-0.05, 0) is 62.8 Å². The van der Waals surface area contributed by atoms with Gasteiger partial charge in [-0.15, -0.1) is 0 Å². The zero-order valence-corrected chi connectivity index (χ0v) is 15.7. The Morgan fingerprint density at radius 2 is 1.96 bits per heavy atom. The maximum Gasteiger partial charge on any atom is 0.287 e. The molecule has 0 fully saturated rings. The molecule has 138 valence electrons. The highest BCUT2D eigenvalue weighted by Crippen LogP contribution is 2.23. The van der Waals surface area contributed by atoms with Crippen LogP contribution in [0.2, 0.25) is 0 Å². The Balaban J connectivity index is 1.88. The Labute approximate surface area is 154 Å². The molecule has 1 aliphatic rings. The number of fused-ring (bicyclic) bond motifs is 1. The van der Waals surface area contributed by atoms with Gasteiger partial charge in [0.15, 0.2) is 11.5 Å². The highest BCUT2D eigenvalue weighted by molar-refractivity contribution is 6.05. The van der Waals surface area contributed by atoms with Crippen LogP contribution in [0.5, 0.6) is 0 Å². The molecule has 0 radical (unpaired) electrons. The van der Waals surface area contributed by atoms with Gasteiger partial charge in [-0.3, -0.25) is 9.59 Å². The molecule has 0 atom stereocenters. The molecule has 6 nitrogen and oxygen atoms in total. The molecule has 0 saturated carbocycles. The van der Waals surface area contributed by atoms with Crippen molar-refractivity contribution in [1.29, 1.82) is 0 Å². The Morgan fingerprint density at radius 3 is 2.69 bits per heavy atom. The largest absolute Gasteiger partial charge is 0.349 e. The summed E-state index contributed by atoms with van der Waals surface area (Å²) in [6, 6.07) is 5.82. The first-order valence-corrected chi connectivity index (χ1v) is 9.27. The molecule has 0 aliphatic carbocycles. The Hall–Kier alpha value is -2.63. The summed E-state index contributed by atoms with van der Waals surface area (Å²) < 4.78 is 1.91. The number of hydrogen-bond acceptors (Lipinski definition) is 3. The molecule has 1 aromatic carbocycles. The first-order valence-electron chi connectivity index (χ1n) is 9.27. The first kappa shape index (κ1) is 18.2. The van der Waals surface area contributed by atoms with E-state index in [1.807, 2.05) is 43.5 Å². The number of rotatable bonds is 5. The van der Waals surface area contributed by atoms with Gasteiger partial charge in [-0.1, -0.05) is 13.0 Å². The van der Waals surface area contributed by atoms with E-state index in [2.05, 4.69) is 15.6 Å². The number of benzene rings is 1. The number of hydrogen-bond donors (Lipinski definition) is 2. The SMILES string of the molecule is CCCNC(=O)c1nc(C(=O)Nc2ccc(C)c(C)c2)c2n1CCCC2. The van der Waals surface area contributed by atoms with Gasteiger partial charge < -0.3 is 15.2 Å². The van der Waals surface area contributed by atoms with E-state index in [1.54, 1.807) is 0 Å². The summed E-state index contributed by atoms with van der Waals surface area (Å²) in [5.74, 6) is -0.118. The zero-order valence-electron chi connectivity index (χ0n) is 15.7. The van der Waals surface area contributed by atoms with Crippen molar-refractivity contribution < 1.29 is 9.59 Å². The highest BCUT2D eigenvalue weighted by Gasteiger charge is 2.27. The van der Waals surface area contributed by atoms with E-state index in [0.29, 0.717) is 18.1 Å². The third-order valence-electron chi connectivity index (χ3n) is 4.84. The van der Waals surface area contributed by atoms with Crippen LogP contribution in [0.1, 0.15) is 64.1 Å². The van der Waals surface area contributed by atoms with Gasteiger partial charge in [0.1, 0.15) is 0 Å². The number of anilines is 1. The van der Waals surface area contributed by atoms with Crippen LogP contribution in [-0.2, 0) is 13.0 Å². The highest BCUT2D eigenvalue weighted by atomic mass is 16.2. The van der Waals surface area contributed by atoms with Crippen LogP contribution in [0.25, 0.3) is 0 Å². The summed E-state index contributed by atoms with van der Waals surface area (Å²) >= 11 is 0. The molecule has 2 aromatic rings. The molecule has 0 spiro atoms. The third kappa shape index (κ3) is 3.64. The maximum atomic E-state index is 12.8. The molecule has 6 heteroatoms. The summed E-state index contributed by atoms with van der Waals surface area (Å²) in [4.78, 5) is 29.7. The second-order valence-corrected chi connectivity index (χ2v) is 6.85. The van der Waals surface area contributed by atoms with Crippen LogP contribution in [0, 0.1) is 13.8 Å². The van der Waals surface area contributed by atoms with Crippen molar-refractivity contribution in [2.45, 2.75) is 53.0 Å². The normalized spacial score (nSPS) is 13.2. The molecule has 26 heavy (non-hydrogen) atoms. The molecule has 3 rings (SSSR count). The lowest BCUT2D eigenvalue weighted by molar-refractivity contribution is 0.0937. The van der Waals surface area contributed by atoms with E-state index in [0.717, 1.165) is 49.2 Å². The molecule has 0 bridgehead atoms.